The van der Waals surface area contributed by atoms with Crippen molar-refractivity contribution in [2.75, 3.05) is 31.7 Å². The molecule has 0 radical (unpaired) electrons. The molecule has 1 aliphatic heterocycles. The summed E-state index contributed by atoms with van der Waals surface area (Å²) in [7, 11) is 0. The molecule has 2 amide bonds. The standard InChI is InChI=1S/C26H28N2O8/c1-3-34-24(31)18-10-19(25(32)35-4-2)12-21(11-18)27-22(29)16-36-26(33)20-13-23(30)28(15-20)14-17-8-6-5-7-9-17/h5-12,20H,3-4,13-16H2,1-2H3,(H,27,29). The zero-order valence-corrected chi connectivity index (χ0v) is 20.2. The zero-order chi connectivity index (χ0) is 26.1. The second-order valence-electron chi connectivity index (χ2n) is 8.06. The molecular weight excluding hydrogens is 468 g/mol. The number of anilines is 1. The molecular formula is C26H28N2O8. The SMILES string of the molecule is CCOC(=O)c1cc(NC(=O)COC(=O)C2CC(=O)N(Cc3ccccc3)C2)cc(C(=O)OCC)c1. The van der Waals surface area contributed by atoms with Crippen LogP contribution in [0.1, 0.15) is 46.5 Å². The minimum Gasteiger partial charge on any atom is -0.462 e. The van der Waals surface area contributed by atoms with Crippen molar-refractivity contribution in [3.63, 3.8) is 0 Å². The van der Waals surface area contributed by atoms with Crippen molar-refractivity contribution in [1.82, 2.24) is 4.90 Å². The summed E-state index contributed by atoms with van der Waals surface area (Å²) in [5.41, 5.74) is 1.19. The number of esters is 3. The number of amides is 2. The van der Waals surface area contributed by atoms with Crippen LogP contribution in [0.25, 0.3) is 0 Å². The maximum absolute atomic E-state index is 12.5. The van der Waals surface area contributed by atoms with Gasteiger partial charge in [0.15, 0.2) is 6.61 Å². The molecule has 0 aliphatic carbocycles. The zero-order valence-electron chi connectivity index (χ0n) is 20.2. The number of likely N-dealkylation sites (tertiary alicyclic amines) is 1. The van der Waals surface area contributed by atoms with E-state index >= 15 is 0 Å². The van der Waals surface area contributed by atoms with Crippen molar-refractivity contribution in [3.8, 4) is 0 Å². The predicted molar refractivity (Wildman–Crippen MR) is 128 cm³/mol. The monoisotopic (exact) mass is 496 g/mol. The number of hydrogen-bond donors (Lipinski definition) is 1. The van der Waals surface area contributed by atoms with E-state index in [1.54, 1.807) is 18.7 Å². The van der Waals surface area contributed by atoms with Crippen LogP contribution in [0.3, 0.4) is 0 Å². The predicted octanol–water partition coefficient (Wildman–Crippen LogP) is 2.57. The number of ether oxygens (including phenoxy) is 3. The first-order valence-corrected chi connectivity index (χ1v) is 11.6. The van der Waals surface area contributed by atoms with Gasteiger partial charge in [-0.2, -0.15) is 0 Å². The summed E-state index contributed by atoms with van der Waals surface area (Å²) < 4.78 is 15.1. The Hall–Kier alpha value is -4.21. The van der Waals surface area contributed by atoms with Crippen molar-refractivity contribution >= 4 is 35.4 Å². The molecule has 1 aliphatic rings. The van der Waals surface area contributed by atoms with Crippen LogP contribution in [0.15, 0.2) is 48.5 Å². The Morgan fingerprint density at radius 2 is 1.53 bits per heavy atom. The van der Waals surface area contributed by atoms with Crippen LogP contribution in [0, 0.1) is 5.92 Å². The van der Waals surface area contributed by atoms with Gasteiger partial charge in [-0.25, -0.2) is 9.59 Å². The van der Waals surface area contributed by atoms with Crippen LogP contribution in [0.2, 0.25) is 0 Å². The summed E-state index contributed by atoms with van der Waals surface area (Å²) in [6, 6.07) is 13.4. The van der Waals surface area contributed by atoms with Crippen molar-refractivity contribution < 1.29 is 38.2 Å². The van der Waals surface area contributed by atoms with Crippen LogP contribution in [-0.4, -0.2) is 61.0 Å². The summed E-state index contributed by atoms with van der Waals surface area (Å²) in [6.07, 6.45) is 0.0117. The summed E-state index contributed by atoms with van der Waals surface area (Å²) in [6.45, 7) is 3.55. The van der Waals surface area contributed by atoms with Gasteiger partial charge in [-0.05, 0) is 37.6 Å². The van der Waals surface area contributed by atoms with Crippen LogP contribution in [0.4, 0.5) is 5.69 Å². The first-order chi connectivity index (χ1) is 17.3. The highest BCUT2D eigenvalue weighted by atomic mass is 16.5. The van der Waals surface area contributed by atoms with Crippen molar-refractivity contribution in [3.05, 3.63) is 65.2 Å². The highest BCUT2D eigenvalue weighted by molar-refractivity contribution is 6.00. The van der Waals surface area contributed by atoms with Gasteiger partial charge in [-0.1, -0.05) is 30.3 Å². The van der Waals surface area contributed by atoms with E-state index in [1.165, 1.54) is 18.2 Å². The summed E-state index contributed by atoms with van der Waals surface area (Å²) in [5, 5.41) is 2.50. The normalized spacial score (nSPS) is 14.8. The Morgan fingerprint density at radius 1 is 0.917 bits per heavy atom. The fourth-order valence-electron chi connectivity index (χ4n) is 3.70. The average Bonchev–Trinajstić information content (AvgIpc) is 3.23. The molecule has 0 aromatic heterocycles. The smallest absolute Gasteiger partial charge is 0.338 e. The molecule has 3 rings (SSSR count). The lowest BCUT2D eigenvalue weighted by atomic mass is 10.1. The van der Waals surface area contributed by atoms with Gasteiger partial charge in [0.1, 0.15) is 0 Å². The Bertz CT molecular complexity index is 1100. The van der Waals surface area contributed by atoms with E-state index in [0.29, 0.717) is 6.54 Å². The summed E-state index contributed by atoms with van der Waals surface area (Å²) >= 11 is 0. The maximum Gasteiger partial charge on any atom is 0.338 e. The Morgan fingerprint density at radius 3 is 2.11 bits per heavy atom. The lowest BCUT2D eigenvalue weighted by molar-refractivity contribution is -0.151. The molecule has 0 saturated carbocycles. The van der Waals surface area contributed by atoms with E-state index in [4.69, 9.17) is 14.2 Å². The molecule has 1 unspecified atom stereocenters. The molecule has 1 N–H and O–H groups in total. The molecule has 10 heteroatoms. The minimum atomic E-state index is -0.676. The number of rotatable bonds is 10. The van der Waals surface area contributed by atoms with Crippen LogP contribution in [-0.2, 0) is 35.1 Å². The number of carbonyl (C=O) groups is 5. The molecule has 1 fully saturated rings. The molecule has 0 bridgehead atoms. The highest BCUT2D eigenvalue weighted by Gasteiger charge is 2.35. The van der Waals surface area contributed by atoms with Crippen molar-refractivity contribution in [1.29, 1.82) is 0 Å². The first kappa shape index (κ1) is 26.4. The lowest BCUT2D eigenvalue weighted by Crippen LogP contribution is -2.28. The summed E-state index contributed by atoms with van der Waals surface area (Å²) in [4.78, 5) is 63.1. The number of nitrogens with one attached hydrogen (secondary N) is 1. The molecule has 190 valence electrons. The maximum atomic E-state index is 12.5. The van der Waals surface area contributed by atoms with Gasteiger partial charge in [-0.15, -0.1) is 0 Å². The van der Waals surface area contributed by atoms with Gasteiger partial charge in [0.05, 0.1) is 30.3 Å². The van der Waals surface area contributed by atoms with Crippen LogP contribution >= 0.6 is 0 Å². The number of carbonyl (C=O) groups excluding carboxylic acids is 5. The minimum absolute atomic E-state index is 0.0117. The Kier molecular flexibility index (Phi) is 9.15. The lowest BCUT2D eigenvalue weighted by Gasteiger charge is -2.16. The summed E-state index contributed by atoms with van der Waals surface area (Å²) in [5.74, 6) is -3.50. The number of nitrogens with zero attached hydrogens (tertiary/aromatic N) is 1. The van der Waals surface area contributed by atoms with Crippen molar-refractivity contribution in [2.45, 2.75) is 26.8 Å². The second-order valence-corrected chi connectivity index (χ2v) is 8.06. The third-order valence-electron chi connectivity index (χ3n) is 5.35. The number of hydrogen-bond acceptors (Lipinski definition) is 8. The van der Waals surface area contributed by atoms with E-state index in [1.807, 2.05) is 30.3 Å². The molecule has 36 heavy (non-hydrogen) atoms. The fraction of sp³-hybridized carbons (Fsp3) is 0.346. The van der Waals surface area contributed by atoms with Gasteiger partial charge >= 0.3 is 17.9 Å². The third kappa shape index (κ3) is 7.14. The van der Waals surface area contributed by atoms with Gasteiger partial charge in [0.25, 0.3) is 5.91 Å². The molecule has 10 nitrogen and oxygen atoms in total. The molecule has 2 aromatic carbocycles. The Labute approximate surface area is 208 Å². The van der Waals surface area contributed by atoms with Crippen molar-refractivity contribution in [2.24, 2.45) is 5.92 Å². The molecule has 1 atom stereocenters. The second kappa shape index (κ2) is 12.5. The molecule has 1 heterocycles. The third-order valence-corrected chi connectivity index (χ3v) is 5.35. The van der Waals surface area contributed by atoms with Crippen LogP contribution in [0.5, 0.6) is 0 Å². The highest BCUT2D eigenvalue weighted by Crippen LogP contribution is 2.22. The quantitative estimate of drug-likeness (QED) is 0.393. The van der Waals surface area contributed by atoms with E-state index in [0.717, 1.165) is 5.56 Å². The molecule has 0 spiro atoms. The van der Waals surface area contributed by atoms with E-state index in [-0.39, 0.29) is 48.9 Å². The van der Waals surface area contributed by atoms with E-state index in [9.17, 15) is 24.0 Å². The first-order valence-electron chi connectivity index (χ1n) is 11.6. The van der Waals surface area contributed by atoms with Gasteiger partial charge in [-0.3, -0.25) is 14.4 Å². The molecule has 1 saturated heterocycles. The fourth-order valence-corrected chi connectivity index (χ4v) is 3.70. The van der Waals surface area contributed by atoms with Gasteiger partial charge < -0.3 is 24.4 Å². The van der Waals surface area contributed by atoms with Gasteiger partial charge in [0, 0.05) is 25.2 Å². The average molecular weight is 497 g/mol. The van der Waals surface area contributed by atoms with E-state index in [2.05, 4.69) is 5.32 Å². The van der Waals surface area contributed by atoms with Crippen LogP contribution < -0.4 is 5.32 Å². The van der Waals surface area contributed by atoms with E-state index < -0.39 is 36.3 Å². The largest absolute Gasteiger partial charge is 0.462 e. The number of benzene rings is 2. The topological polar surface area (TPSA) is 128 Å². The molecule has 2 aromatic rings. The Balaban J connectivity index is 1.58. The van der Waals surface area contributed by atoms with Gasteiger partial charge in [0.2, 0.25) is 5.91 Å².